The van der Waals surface area contributed by atoms with Gasteiger partial charge in [0.2, 0.25) is 0 Å². The minimum Gasteiger partial charge on any atom is -0.309 e. The van der Waals surface area contributed by atoms with Gasteiger partial charge in [0.25, 0.3) is 0 Å². The molecule has 0 N–H and O–H groups in total. The molecule has 1 aromatic heterocycles. The number of hydrogen-bond donors (Lipinski definition) is 0. The van der Waals surface area contributed by atoms with Crippen molar-refractivity contribution < 1.29 is 30.2 Å². The summed E-state index contributed by atoms with van der Waals surface area (Å²) < 4.78 is 203. The van der Waals surface area contributed by atoms with E-state index in [9.17, 15) is 13.7 Å². The van der Waals surface area contributed by atoms with Gasteiger partial charge in [0.05, 0.1) is 41.2 Å². The fourth-order valence-corrected chi connectivity index (χ4v) is 10.6. The summed E-state index contributed by atoms with van der Waals surface area (Å²) in [5.41, 5.74) is -1.53. The van der Waals surface area contributed by atoms with Crippen LogP contribution in [-0.4, -0.2) is 12.6 Å². The summed E-state index contributed by atoms with van der Waals surface area (Å²) in [7, 11) is -5.62. The zero-order chi connectivity index (χ0) is 50.7. The van der Waals surface area contributed by atoms with E-state index < -0.39 is 195 Å². The minimum atomic E-state index is -5.62. The molecule has 0 radical (unpaired) electrons. The smallest absolute Gasteiger partial charge is 0.179 e. The van der Waals surface area contributed by atoms with E-state index in [-0.39, 0.29) is 5.19 Å². The van der Waals surface area contributed by atoms with Gasteiger partial charge >= 0.3 is 0 Å². The summed E-state index contributed by atoms with van der Waals surface area (Å²) in [5, 5.41) is -2.96. The molecule has 0 amide bonds. The van der Waals surface area contributed by atoms with Crippen molar-refractivity contribution in [3.05, 3.63) is 162 Å². The first kappa shape index (κ1) is 13.6. The molecule has 0 bridgehead atoms. The molecule has 1 aliphatic carbocycles. The molecule has 0 atom stereocenters. The quantitative estimate of drug-likeness (QED) is 0.132. The third kappa shape index (κ3) is 4.35. The Labute approximate surface area is 305 Å². The first-order valence-corrected chi connectivity index (χ1v) is 16.9. The topological polar surface area (TPSA) is 4.93 Å². The van der Waals surface area contributed by atoms with Crippen LogP contribution in [0, 0.1) is 0 Å². The Bertz CT molecular complexity index is 3240. The van der Waals surface area contributed by atoms with Gasteiger partial charge in [-0.1, -0.05) is 155 Å². The third-order valence-electron chi connectivity index (χ3n) is 9.28. The summed E-state index contributed by atoms with van der Waals surface area (Å²) >= 11 is 0. The average Bonchev–Trinajstić information content (AvgIpc) is 3.65. The first-order chi connectivity index (χ1) is 31.4. The van der Waals surface area contributed by atoms with Crippen LogP contribution in [0.2, 0.25) is 0 Å². The predicted molar refractivity (Wildman–Crippen MR) is 200 cm³/mol. The molecule has 226 valence electrons. The van der Waals surface area contributed by atoms with Crippen LogP contribution in [0.1, 0.15) is 81.8 Å². The second-order valence-electron chi connectivity index (χ2n) is 12.8. The lowest BCUT2D eigenvalue weighted by molar-refractivity contribution is 0.332. The number of rotatable bonds is 5. The average molecular weight is 634 g/mol. The summed E-state index contributed by atoms with van der Waals surface area (Å²) in [5.74, 6) is 0. The number of para-hydroxylation sites is 2. The van der Waals surface area contributed by atoms with E-state index in [4.69, 9.17) is 16.4 Å². The van der Waals surface area contributed by atoms with Crippen LogP contribution in [0.15, 0.2) is 151 Å². The van der Waals surface area contributed by atoms with Crippen LogP contribution in [-0.2, 0) is 10.8 Å². The third-order valence-corrected chi connectivity index (χ3v) is 13.5. The van der Waals surface area contributed by atoms with Gasteiger partial charge in [-0.25, -0.2) is 0 Å². The van der Waals surface area contributed by atoms with Gasteiger partial charge in [-0.15, -0.1) is 0 Å². The molecule has 6 aromatic carbocycles. The van der Waals surface area contributed by atoms with Gasteiger partial charge in [-0.3, -0.25) is 0 Å². The Kier molecular flexibility index (Phi) is 3.17. The molecule has 46 heavy (non-hydrogen) atoms. The van der Waals surface area contributed by atoms with Gasteiger partial charge in [-0.2, -0.15) is 0 Å². The zero-order valence-electron chi connectivity index (χ0n) is 47.6. The fraction of sp³-hybridized carbons (Fsp3) is 0.182. The Morgan fingerprint density at radius 1 is 0.522 bits per heavy atom. The van der Waals surface area contributed by atoms with Crippen LogP contribution >= 0.6 is 0 Å². The Morgan fingerprint density at radius 2 is 1.02 bits per heavy atom. The number of aromatic nitrogens is 1. The highest BCUT2D eigenvalue weighted by Gasteiger charge is 2.44. The number of benzene rings is 6. The maximum atomic E-state index is 10.4. The van der Waals surface area contributed by atoms with Crippen LogP contribution in [0.25, 0.3) is 27.5 Å². The van der Waals surface area contributed by atoms with Gasteiger partial charge in [-0.05, 0) is 79.7 Å². The molecule has 0 saturated heterocycles. The summed E-state index contributed by atoms with van der Waals surface area (Å²) in [4.78, 5) is 0. The lowest BCUT2D eigenvalue weighted by Gasteiger charge is -2.43. The number of nitrogens with zero attached hydrogens (tertiary/aromatic N) is 1. The van der Waals surface area contributed by atoms with Crippen molar-refractivity contribution in [1.29, 1.82) is 0 Å². The van der Waals surface area contributed by atoms with Gasteiger partial charge in [0, 0.05) is 16.5 Å². The Morgan fingerprint density at radius 3 is 1.61 bits per heavy atom. The fourth-order valence-electron chi connectivity index (χ4n) is 6.78. The highest BCUT2D eigenvalue weighted by atomic mass is 28.3. The summed E-state index contributed by atoms with van der Waals surface area (Å²) in [6, 6.07) is -14.6. The lowest BCUT2D eigenvalue weighted by Crippen LogP contribution is -2.75. The van der Waals surface area contributed by atoms with E-state index >= 15 is 0 Å². The van der Waals surface area contributed by atoms with Crippen LogP contribution in [0.4, 0.5) is 0 Å². The maximum absolute atomic E-state index is 10.4. The molecular weight excluding hydrogens is 571 g/mol. The van der Waals surface area contributed by atoms with Crippen LogP contribution in [0.3, 0.4) is 0 Å². The SMILES string of the molecule is [2H]c1c([2H])c([2H])c([Si](c2ccc3c(c2)C(C)(C)CCC3(C)C)(c2c([2H])c([2H])c([2H])c([2H])c2[2H])c2c([2H])c([2H])c([2H])c(-n3c4c([2H])c([2H])c([2H])c([2H])c4c4c([2H])c([2H])c([2H])c([2H])c43)c2[2H])c([2H])c1[2H]. The zero-order valence-corrected chi connectivity index (χ0v) is 26.6. The molecule has 1 heterocycles. The van der Waals surface area contributed by atoms with E-state index in [0.29, 0.717) is 12.0 Å². The first-order valence-electron chi connectivity index (χ1n) is 25.9. The van der Waals surface area contributed by atoms with Crippen molar-refractivity contribution in [1.82, 2.24) is 4.57 Å². The molecule has 0 unspecified atom stereocenters. The minimum absolute atomic E-state index is 0.0322. The van der Waals surface area contributed by atoms with Crippen LogP contribution in [0.5, 0.6) is 0 Å². The molecule has 1 nitrogen and oxygen atoms in total. The highest BCUT2D eigenvalue weighted by molar-refractivity contribution is 7.19. The standard InChI is InChI=1S/C44H41NSi/c1-43(2)28-29-44(3,4)40-31-36(26-27-39(40)43)46(33-17-7-5-8-18-33,34-19-9-6-10-20-34)35-21-15-16-32(30-35)45-41-24-13-11-22-37(41)38-23-12-14-25-42(38)45/h5-27,30-31H,28-29H2,1-4H3/i5D,6D,7D,8D,9D,10D,11D,12D,13D,14D,15D,16D,17D,18D,19D,20D,21D,22D,23D,24D,25D,30D. The van der Waals surface area contributed by atoms with E-state index in [1.54, 1.807) is 12.1 Å². The van der Waals surface area contributed by atoms with E-state index in [2.05, 4.69) is 0 Å². The summed E-state index contributed by atoms with van der Waals surface area (Å²) in [6.07, 6.45) is 1.34. The molecule has 0 aliphatic heterocycles. The van der Waals surface area contributed by atoms with E-state index in [1.165, 1.54) is 6.07 Å². The second-order valence-corrected chi connectivity index (χ2v) is 16.4. The predicted octanol–water partition coefficient (Wildman–Crippen LogP) is 8.51. The largest absolute Gasteiger partial charge is 0.309 e. The van der Waals surface area contributed by atoms with Crippen molar-refractivity contribution in [2.45, 2.75) is 51.4 Å². The van der Waals surface area contributed by atoms with Crippen molar-refractivity contribution in [3.8, 4) is 5.69 Å². The molecule has 0 spiro atoms. The molecule has 2 heteroatoms. The number of hydrogen-bond acceptors (Lipinski definition) is 0. The molecular formula is C44H41NSi. The van der Waals surface area contributed by atoms with Crippen molar-refractivity contribution >= 4 is 50.6 Å². The monoisotopic (exact) mass is 633 g/mol. The van der Waals surface area contributed by atoms with Gasteiger partial charge < -0.3 is 4.57 Å². The van der Waals surface area contributed by atoms with E-state index in [1.807, 2.05) is 27.7 Å². The summed E-state index contributed by atoms with van der Waals surface area (Å²) in [6.45, 7) is 7.94. The van der Waals surface area contributed by atoms with Crippen LogP contribution < -0.4 is 20.7 Å². The second kappa shape index (κ2) is 10.7. The van der Waals surface area contributed by atoms with Crippen molar-refractivity contribution in [3.63, 3.8) is 0 Å². The molecule has 0 fully saturated rings. The normalized spacial score (nSPS) is 22.3. The Hall–Kier alpha value is -4.66. The highest BCUT2D eigenvalue weighted by Crippen LogP contribution is 2.45. The lowest BCUT2D eigenvalue weighted by atomic mass is 9.63. The van der Waals surface area contributed by atoms with Gasteiger partial charge in [0.15, 0.2) is 8.07 Å². The van der Waals surface area contributed by atoms with E-state index in [0.717, 1.165) is 16.6 Å². The molecule has 1 aliphatic rings. The maximum Gasteiger partial charge on any atom is 0.179 e. The molecule has 0 saturated carbocycles. The van der Waals surface area contributed by atoms with Crippen molar-refractivity contribution in [2.24, 2.45) is 0 Å². The van der Waals surface area contributed by atoms with Crippen molar-refractivity contribution in [2.75, 3.05) is 0 Å². The Balaban J connectivity index is 1.78. The number of fused-ring (bicyclic) bond motifs is 4. The molecule has 7 aromatic rings. The van der Waals surface area contributed by atoms with Gasteiger partial charge in [0.1, 0.15) is 0 Å². The molecule has 8 rings (SSSR count).